The maximum absolute atomic E-state index is 14.7. The number of nitrogens with zero attached hydrogens (tertiary/aromatic N) is 3. The zero-order valence-corrected chi connectivity index (χ0v) is 20.5. The number of nitrogens with one attached hydrogen (secondary N) is 1. The summed E-state index contributed by atoms with van der Waals surface area (Å²) in [4.78, 5) is 23.5. The number of aliphatic hydroxyl groups is 2. The third-order valence-electron chi connectivity index (χ3n) is 7.11. The molecule has 1 aliphatic heterocycles. The number of carbonyl (C=O) groups excluding carboxylic acids is 1. The van der Waals surface area contributed by atoms with Crippen LogP contribution in [0.15, 0.2) is 30.5 Å². The van der Waals surface area contributed by atoms with Crippen molar-refractivity contribution >= 4 is 23.0 Å². The van der Waals surface area contributed by atoms with Gasteiger partial charge in [0.1, 0.15) is 17.3 Å². The molecule has 200 valence electrons. The fourth-order valence-electron chi connectivity index (χ4n) is 5.22. The Labute approximate surface area is 216 Å². The fraction of sp³-hybridized carbons (Fsp3) is 0.346. The van der Waals surface area contributed by atoms with E-state index in [1.165, 1.54) is 6.20 Å². The van der Waals surface area contributed by atoms with Crippen molar-refractivity contribution in [2.75, 3.05) is 29.0 Å². The van der Waals surface area contributed by atoms with Crippen LogP contribution in [0, 0.1) is 23.4 Å². The van der Waals surface area contributed by atoms with Crippen LogP contribution in [0.1, 0.15) is 41.2 Å². The fourth-order valence-corrected chi connectivity index (χ4v) is 5.22. The maximum atomic E-state index is 14.7. The monoisotopic (exact) mass is 528 g/mol. The Balaban J connectivity index is 1.55. The molecular formula is C26H27F3N6O3. The quantitative estimate of drug-likeness (QED) is 0.347. The van der Waals surface area contributed by atoms with E-state index in [-0.39, 0.29) is 23.8 Å². The number of nitrogen functional groups attached to an aromatic ring is 1. The van der Waals surface area contributed by atoms with Gasteiger partial charge in [0.05, 0.1) is 46.7 Å². The molecule has 12 heteroatoms. The first kappa shape index (κ1) is 25.9. The lowest BCUT2D eigenvalue weighted by molar-refractivity contribution is 0.0784. The van der Waals surface area contributed by atoms with E-state index in [9.17, 15) is 28.2 Å². The van der Waals surface area contributed by atoms with Crippen molar-refractivity contribution in [2.45, 2.75) is 38.0 Å². The number of carbonyl (C=O) groups is 1. The second-order valence-corrected chi connectivity index (χ2v) is 9.78. The highest BCUT2D eigenvalue weighted by molar-refractivity contribution is 6.08. The second kappa shape index (κ2) is 9.86. The van der Waals surface area contributed by atoms with E-state index in [4.69, 9.17) is 11.5 Å². The van der Waals surface area contributed by atoms with Gasteiger partial charge in [0.25, 0.3) is 5.91 Å². The molecule has 4 atom stereocenters. The molecule has 1 aromatic carbocycles. The van der Waals surface area contributed by atoms with Crippen molar-refractivity contribution < 1.29 is 28.2 Å². The largest absolute Gasteiger partial charge is 0.397 e. The van der Waals surface area contributed by atoms with E-state index in [1.807, 2.05) is 11.8 Å². The average Bonchev–Trinajstić information content (AvgIpc) is 3.23. The molecule has 0 spiro atoms. The summed E-state index contributed by atoms with van der Waals surface area (Å²) in [5.74, 6) is -4.21. The first-order chi connectivity index (χ1) is 18.1. The van der Waals surface area contributed by atoms with Crippen molar-refractivity contribution in [1.82, 2.24) is 9.97 Å². The number of fused-ring (bicyclic) bond motifs is 1. The molecule has 1 saturated heterocycles. The van der Waals surface area contributed by atoms with Crippen LogP contribution in [0.2, 0.25) is 0 Å². The summed E-state index contributed by atoms with van der Waals surface area (Å²) in [5, 5.41) is 23.4. The predicted octanol–water partition coefficient (Wildman–Crippen LogP) is 2.52. The minimum Gasteiger partial charge on any atom is -0.397 e. The third kappa shape index (κ3) is 4.44. The van der Waals surface area contributed by atoms with E-state index in [1.54, 1.807) is 0 Å². The first-order valence-electron chi connectivity index (χ1n) is 12.2. The number of halogens is 3. The molecule has 1 fully saturated rings. The number of anilines is 3. The highest BCUT2D eigenvalue weighted by Crippen LogP contribution is 2.42. The summed E-state index contributed by atoms with van der Waals surface area (Å²) in [6.07, 6.45) is 0.875. The number of hydrogen-bond acceptors (Lipinski definition) is 8. The highest BCUT2D eigenvalue weighted by atomic mass is 19.1. The highest BCUT2D eigenvalue weighted by Gasteiger charge is 2.36. The van der Waals surface area contributed by atoms with Crippen LogP contribution in [0.3, 0.4) is 0 Å². The van der Waals surface area contributed by atoms with Crippen molar-refractivity contribution in [3.05, 3.63) is 64.9 Å². The first-order valence-corrected chi connectivity index (χ1v) is 12.2. The van der Waals surface area contributed by atoms with E-state index in [0.717, 1.165) is 29.8 Å². The van der Waals surface area contributed by atoms with Crippen molar-refractivity contribution in [3.63, 3.8) is 0 Å². The Morgan fingerprint density at radius 3 is 2.55 bits per heavy atom. The molecule has 4 unspecified atom stereocenters. The Kier molecular flexibility index (Phi) is 6.72. The van der Waals surface area contributed by atoms with Crippen LogP contribution in [0.5, 0.6) is 0 Å². The molecular weight excluding hydrogens is 501 g/mol. The summed E-state index contributed by atoms with van der Waals surface area (Å²) in [7, 11) is 0. The minimum absolute atomic E-state index is 0.176. The van der Waals surface area contributed by atoms with Crippen LogP contribution >= 0.6 is 0 Å². The Morgan fingerprint density at radius 2 is 1.87 bits per heavy atom. The lowest BCUT2D eigenvalue weighted by Crippen LogP contribution is -2.56. The van der Waals surface area contributed by atoms with Gasteiger partial charge in [-0.25, -0.2) is 18.2 Å². The molecule has 7 N–H and O–H groups in total. The van der Waals surface area contributed by atoms with Gasteiger partial charge in [-0.15, -0.1) is 0 Å². The van der Waals surface area contributed by atoms with Gasteiger partial charge in [0, 0.05) is 36.7 Å². The van der Waals surface area contributed by atoms with Gasteiger partial charge in [0.2, 0.25) is 0 Å². The van der Waals surface area contributed by atoms with Crippen LogP contribution in [-0.2, 0) is 6.42 Å². The summed E-state index contributed by atoms with van der Waals surface area (Å²) >= 11 is 0. The topological polar surface area (TPSA) is 151 Å². The number of pyridine rings is 2. The lowest BCUT2D eigenvalue weighted by Gasteiger charge is -2.41. The van der Waals surface area contributed by atoms with E-state index < -0.39 is 58.6 Å². The van der Waals surface area contributed by atoms with Crippen LogP contribution < -0.4 is 21.7 Å². The SMILES string of the molecule is CC1CN(c2c(NC(=O)c3nc(-c4c(F)cccc4F)c(F)cc3N)cnc3c2CCC3O)CC(N)C1O. The third-order valence-corrected chi connectivity index (χ3v) is 7.11. The number of rotatable bonds is 4. The van der Waals surface area contributed by atoms with Crippen molar-refractivity contribution in [3.8, 4) is 11.3 Å². The number of nitrogens with two attached hydrogens (primary N) is 2. The molecule has 3 aromatic rings. The molecule has 0 saturated carbocycles. The summed E-state index contributed by atoms with van der Waals surface area (Å²) in [6, 6.07) is 3.27. The Bertz CT molecular complexity index is 1390. The number of aliphatic hydroxyl groups excluding tert-OH is 2. The number of piperidine rings is 1. The van der Waals surface area contributed by atoms with Gasteiger partial charge in [-0.2, -0.15) is 0 Å². The zero-order valence-electron chi connectivity index (χ0n) is 20.5. The van der Waals surface area contributed by atoms with Gasteiger partial charge in [0.15, 0.2) is 11.5 Å². The molecule has 1 amide bonds. The molecule has 38 heavy (non-hydrogen) atoms. The van der Waals surface area contributed by atoms with E-state index in [0.29, 0.717) is 30.8 Å². The number of benzene rings is 1. The van der Waals surface area contributed by atoms with E-state index in [2.05, 4.69) is 15.3 Å². The van der Waals surface area contributed by atoms with Gasteiger partial charge in [-0.3, -0.25) is 9.78 Å². The molecule has 0 radical (unpaired) electrons. The van der Waals surface area contributed by atoms with Crippen LogP contribution in [0.25, 0.3) is 11.3 Å². The van der Waals surface area contributed by atoms with Gasteiger partial charge in [-0.05, 0) is 25.0 Å². The summed E-state index contributed by atoms with van der Waals surface area (Å²) < 4.78 is 43.4. The number of hydrogen-bond donors (Lipinski definition) is 5. The average molecular weight is 529 g/mol. The standard InChI is InChI=1S/C26H27F3N6O3/c1-11-9-35(10-17(31)25(11)37)24-12-5-6-19(36)21(12)32-8-18(24)33-26(38)23-16(30)7-15(29)22(34-23)20-13(27)3-2-4-14(20)28/h2-4,7-8,11,17,19,25,36-37H,5-6,9-10,30-31H2,1H3,(H,33,38). The molecule has 9 nitrogen and oxygen atoms in total. The van der Waals surface area contributed by atoms with Crippen LogP contribution in [-0.4, -0.2) is 51.3 Å². The zero-order chi connectivity index (χ0) is 27.3. The number of aromatic nitrogens is 2. The van der Waals surface area contributed by atoms with Gasteiger partial charge >= 0.3 is 0 Å². The van der Waals surface area contributed by atoms with Crippen molar-refractivity contribution in [1.29, 1.82) is 0 Å². The Morgan fingerprint density at radius 1 is 1.16 bits per heavy atom. The van der Waals surface area contributed by atoms with Crippen molar-refractivity contribution in [2.24, 2.45) is 11.7 Å². The molecule has 5 rings (SSSR count). The summed E-state index contributed by atoms with van der Waals surface area (Å²) in [6.45, 7) is 2.57. The van der Waals surface area contributed by atoms with Crippen LogP contribution in [0.4, 0.5) is 30.2 Å². The predicted molar refractivity (Wildman–Crippen MR) is 135 cm³/mol. The lowest BCUT2D eigenvalue weighted by atomic mass is 9.92. The maximum Gasteiger partial charge on any atom is 0.276 e. The molecule has 1 aliphatic carbocycles. The normalized spacial score (nSPS) is 22.9. The molecule has 2 aromatic heterocycles. The summed E-state index contributed by atoms with van der Waals surface area (Å²) in [5.41, 5.74) is 12.0. The van der Waals surface area contributed by atoms with Gasteiger partial charge < -0.3 is 31.9 Å². The molecule has 0 bridgehead atoms. The minimum atomic E-state index is -1.09. The smallest absolute Gasteiger partial charge is 0.276 e. The van der Waals surface area contributed by atoms with Gasteiger partial charge in [-0.1, -0.05) is 13.0 Å². The molecule has 3 heterocycles. The molecule has 2 aliphatic rings. The number of amides is 1. The van der Waals surface area contributed by atoms with E-state index >= 15 is 0 Å². The second-order valence-electron chi connectivity index (χ2n) is 9.78. The Hall–Kier alpha value is -3.74.